The molecule has 9 heteroatoms. The van der Waals surface area contributed by atoms with Crippen molar-refractivity contribution in [1.82, 2.24) is 5.32 Å². The third-order valence-corrected chi connectivity index (χ3v) is 5.61. The van der Waals surface area contributed by atoms with Crippen LogP contribution >= 0.6 is 8.25 Å². The molecule has 0 aromatic heterocycles. The Morgan fingerprint density at radius 1 is 1.10 bits per heavy atom. The molecular weight excluding hydrogens is 409 g/mol. The van der Waals surface area contributed by atoms with Crippen LogP contribution in [0.2, 0.25) is 0 Å². The summed E-state index contributed by atoms with van der Waals surface area (Å²) >= 11 is 0. The van der Waals surface area contributed by atoms with Crippen LogP contribution in [0.25, 0.3) is 11.1 Å². The highest BCUT2D eigenvalue weighted by molar-refractivity contribution is 7.32. The molecule has 1 aliphatic rings. The standard InChI is InChI=1S/C21H24NO7P/c1-13(23)14(11-29-30(26)27)10-20(24)22-21(25)28-12-19-17-8-4-2-6-15(17)16-7-3-5-9-18(16)19/h2-9,13-14,19-20,23-24H,10-12H2,1H3,(H-,22,25,26,27)/p+1. The number of nitrogens with one attached hydrogen (secondary N) is 1. The first-order chi connectivity index (χ1) is 14.4. The van der Waals surface area contributed by atoms with E-state index in [0.29, 0.717) is 0 Å². The molecule has 0 radical (unpaired) electrons. The van der Waals surface area contributed by atoms with Crippen LogP contribution < -0.4 is 5.32 Å². The van der Waals surface area contributed by atoms with E-state index < -0.39 is 32.6 Å². The van der Waals surface area contributed by atoms with Crippen molar-refractivity contribution in [3.63, 3.8) is 0 Å². The van der Waals surface area contributed by atoms with Gasteiger partial charge in [-0.3, -0.25) is 5.32 Å². The van der Waals surface area contributed by atoms with Gasteiger partial charge in [0.2, 0.25) is 0 Å². The molecule has 30 heavy (non-hydrogen) atoms. The fourth-order valence-electron chi connectivity index (χ4n) is 3.69. The number of hydrogen-bond donors (Lipinski definition) is 4. The molecule has 160 valence electrons. The first-order valence-electron chi connectivity index (χ1n) is 9.63. The molecule has 8 nitrogen and oxygen atoms in total. The van der Waals surface area contributed by atoms with Gasteiger partial charge in [-0.15, -0.1) is 9.42 Å². The Morgan fingerprint density at radius 3 is 2.20 bits per heavy atom. The maximum Gasteiger partial charge on any atom is 0.694 e. The predicted octanol–water partition coefficient (Wildman–Crippen LogP) is 2.90. The highest BCUT2D eigenvalue weighted by Gasteiger charge is 2.30. The van der Waals surface area contributed by atoms with Crippen LogP contribution in [-0.4, -0.2) is 46.7 Å². The van der Waals surface area contributed by atoms with E-state index in [1.165, 1.54) is 6.92 Å². The first-order valence-corrected chi connectivity index (χ1v) is 10.8. The quantitative estimate of drug-likeness (QED) is 0.353. The average molecular weight is 434 g/mol. The molecule has 0 heterocycles. The van der Waals surface area contributed by atoms with Crippen molar-refractivity contribution in [3.05, 3.63) is 59.7 Å². The summed E-state index contributed by atoms with van der Waals surface area (Å²) in [5.74, 6) is -0.736. The zero-order chi connectivity index (χ0) is 21.7. The van der Waals surface area contributed by atoms with Gasteiger partial charge >= 0.3 is 14.3 Å². The van der Waals surface area contributed by atoms with E-state index in [-0.39, 0.29) is 25.6 Å². The second-order valence-corrected chi connectivity index (χ2v) is 7.99. The van der Waals surface area contributed by atoms with Crippen LogP contribution in [0.3, 0.4) is 0 Å². The molecule has 0 spiro atoms. The zero-order valence-electron chi connectivity index (χ0n) is 16.5. The highest BCUT2D eigenvalue weighted by atomic mass is 31.1. The highest BCUT2D eigenvalue weighted by Crippen LogP contribution is 2.44. The van der Waals surface area contributed by atoms with Gasteiger partial charge in [0.25, 0.3) is 0 Å². The van der Waals surface area contributed by atoms with Gasteiger partial charge in [0.15, 0.2) is 0 Å². The molecule has 2 aromatic rings. The molecule has 4 atom stereocenters. The van der Waals surface area contributed by atoms with Gasteiger partial charge in [-0.1, -0.05) is 48.5 Å². The van der Waals surface area contributed by atoms with Crippen molar-refractivity contribution in [2.24, 2.45) is 5.92 Å². The maximum atomic E-state index is 12.2. The van der Waals surface area contributed by atoms with Crippen LogP contribution in [0.15, 0.2) is 48.5 Å². The lowest BCUT2D eigenvalue weighted by Crippen LogP contribution is -2.39. The minimum absolute atomic E-state index is 0.0644. The summed E-state index contributed by atoms with van der Waals surface area (Å²) in [5, 5.41) is 22.1. The Bertz CT molecular complexity index is 859. The average Bonchev–Trinajstić information content (AvgIpc) is 3.03. The van der Waals surface area contributed by atoms with Crippen LogP contribution in [0, 0.1) is 5.92 Å². The summed E-state index contributed by atoms with van der Waals surface area (Å²) in [5.41, 5.74) is 4.39. The maximum absolute atomic E-state index is 12.2. The second kappa shape index (κ2) is 10.1. The molecule has 1 amide bonds. The molecular formula is C21H25NO7P+. The van der Waals surface area contributed by atoms with Gasteiger partial charge in [0.1, 0.15) is 19.4 Å². The Labute approximate surface area is 175 Å². The molecule has 4 N–H and O–H groups in total. The number of ether oxygens (including phenoxy) is 1. The molecule has 0 saturated carbocycles. The summed E-state index contributed by atoms with van der Waals surface area (Å²) in [6.45, 7) is 1.35. The molecule has 0 bridgehead atoms. The Balaban J connectivity index is 1.56. The fourth-order valence-corrected chi connectivity index (χ4v) is 4.00. The molecule has 0 aliphatic heterocycles. The van der Waals surface area contributed by atoms with Crippen LogP contribution in [0.4, 0.5) is 4.79 Å². The normalized spacial score (nSPS) is 16.2. The summed E-state index contributed by atoms with van der Waals surface area (Å²) in [6, 6.07) is 15.9. The van der Waals surface area contributed by atoms with Gasteiger partial charge in [-0.05, 0) is 35.6 Å². The molecule has 2 aromatic carbocycles. The predicted molar refractivity (Wildman–Crippen MR) is 110 cm³/mol. The number of alkyl carbamates (subject to hydrolysis) is 1. The largest absolute Gasteiger partial charge is 0.694 e. The number of aliphatic hydroxyl groups excluding tert-OH is 2. The zero-order valence-corrected chi connectivity index (χ0v) is 17.4. The molecule has 1 aliphatic carbocycles. The van der Waals surface area contributed by atoms with Crippen molar-refractivity contribution in [3.8, 4) is 11.1 Å². The molecule has 0 saturated heterocycles. The number of carbonyl (C=O) groups excluding carboxylic acids is 1. The fraction of sp³-hybridized carbons (Fsp3) is 0.381. The SMILES string of the molecule is CC(O)C(CO[P+](=O)O)CC(O)NC(=O)OCC1c2ccccc2-c2ccccc21. The third kappa shape index (κ3) is 5.41. The number of hydrogen-bond acceptors (Lipinski definition) is 6. The van der Waals surface area contributed by atoms with Crippen LogP contribution in [-0.2, 0) is 13.8 Å². The monoisotopic (exact) mass is 434 g/mol. The lowest BCUT2D eigenvalue weighted by Gasteiger charge is -2.21. The second-order valence-electron chi connectivity index (χ2n) is 7.26. The Kier molecular flexibility index (Phi) is 7.53. The van der Waals surface area contributed by atoms with E-state index in [1.54, 1.807) is 0 Å². The van der Waals surface area contributed by atoms with E-state index in [4.69, 9.17) is 9.63 Å². The first kappa shape index (κ1) is 22.3. The minimum atomic E-state index is -2.81. The summed E-state index contributed by atoms with van der Waals surface area (Å²) in [6.07, 6.45) is -3.06. The smallest absolute Gasteiger partial charge is 0.448 e. The van der Waals surface area contributed by atoms with Gasteiger partial charge in [0, 0.05) is 16.4 Å². The van der Waals surface area contributed by atoms with Crippen molar-refractivity contribution >= 4 is 14.3 Å². The van der Waals surface area contributed by atoms with E-state index in [9.17, 15) is 19.6 Å². The number of fused-ring (bicyclic) bond motifs is 3. The molecule has 4 unspecified atom stereocenters. The Hall–Kier alpha value is -2.35. The lowest BCUT2D eigenvalue weighted by atomic mass is 9.98. The number of amides is 1. The third-order valence-electron chi connectivity index (χ3n) is 5.24. The summed E-state index contributed by atoms with van der Waals surface area (Å²) < 4.78 is 20.6. The van der Waals surface area contributed by atoms with Crippen LogP contribution in [0.5, 0.6) is 0 Å². The van der Waals surface area contributed by atoms with E-state index >= 15 is 0 Å². The van der Waals surface area contributed by atoms with Crippen molar-refractivity contribution in [1.29, 1.82) is 0 Å². The van der Waals surface area contributed by atoms with Crippen molar-refractivity contribution < 1.29 is 33.7 Å². The van der Waals surface area contributed by atoms with E-state index in [1.807, 2.05) is 48.5 Å². The lowest BCUT2D eigenvalue weighted by molar-refractivity contribution is 0.0306. The summed E-state index contributed by atoms with van der Waals surface area (Å²) in [4.78, 5) is 20.9. The summed E-state index contributed by atoms with van der Waals surface area (Å²) in [7, 11) is -2.81. The van der Waals surface area contributed by atoms with E-state index in [0.717, 1.165) is 22.3 Å². The van der Waals surface area contributed by atoms with Crippen molar-refractivity contribution in [2.45, 2.75) is 31.6 Å². The Morgan fingerprint density at radius 2 is 1.67 bits per heavy atom. The van der Waals surface area contributed by atoms with Gasteiger partial charge in [-0.25, -0.2) is 4.79 Å². The number of benzene rings is 2. The molecule has 3 rings (SSSR count). The topological polar surface area (TPSA) is 125 Å². The van der Waals surface area contributed by atoms with Gasteiger partial charge < -0.3 is 14.9 Å². The van der Waals surface area contributed by atoms with Gasteiger partial charge in [-0.2, -0.15) is 0 Å². The van der Waals surface area contributed by atoms with E-state index in [2.05, 4.69) is 9.84 Å². The number of carbonyl (C=O) groups is 1. The molecule has 0 fully saturated rings. The van der Waals surface area contributed by atoms with Gasteiger partial charge in [0.05, 0.1) is 6.10 Å². The number of rotatable bonds is 9. The number of aliphatic hydroxyl groups is 2. The van der Waals surface area contributed by atoms with Crippen molar-refractivity contribution in [2.75, 3.05) is 13.2 Å². The van der Waals surface area contributed by atoms with Crippen LogP contribution in [0.1, 0.15) is 30.4 Å². The minimum Gasteiger partial charge on any atom is -0.448 e.